The second-order valence-corrected chi connectivity index (χ2v) is 6.19. The molecule has 0 aliphatic carbocycles. The quantitative estimate of drug-likeness (QED) is 0.849. The Morgan fingerprint density at radius 1 is 1.15 bits per heavy atom. The molecule has 0 saturated heterocycles. The van der Waals surface area contributed by atoms with E-state index < -0.39 is 18.7 Å². The predicted octanol–water partition coefficient (Wildman–Crippen LogP) is 4.76. The molecule has 0 bridgehead atoms. The summed E-state index contributed by atoms with van der Waals surface area (Å²) >= 11 is 0. The van der Waals surface area contributed by atoms with E-state index in [9.17, 15) is 18.0 Å². The summed E-state index contributed by atoms with van der Waals surface area (Å²) in [5, 5.41) is 2.61. The third-order valence-electron chi connectivity index (χ3n) is 4.32. The standard InChI is InChI=1S/C19H18F3NO3/c1-11-12(2)26-17-13(11)6-5-7-14(17)18(24)23-15-8-3-4-9-16(15)25-10-19(20,21)22/h3-9,11-12H,10H2,1-2H3,(H,23,24)/t11-,12+/m0/s1. The Labute approximate surface area is 148 Å². The number of benzene rings is 2. The number of rotatable bonds is 4. The Balaban J connectivity index is 1.82. The smallest absolute Gasteiger partial charge is 0.422 e. The van der Waals surface area contributed by atoms with Crippen molar-refractivity contribution in [3.05, 3.63) is 53.6 Å². The molecule has 26 heavy (non-hydrogen) atoms. The van der Waals surface area contributed by atoms with Crippen LogP contribution in [-0.4, -0.2) is 24.8 Å². The molecule has 0 aromatic heterocycles. The van der Waals surface area contributed by atoms with Gasteiger partial charge in [0.1, 0.15) is 17.6 Å². The van der Waals surface area contributed by atoms with Crippen molar-refractivity contribution >= 4 is 11.6 Å². The summed E-state index contributed by atoms with van der Waals surface area (Å²) in [6.45, 7) is 2.50. The number of carbonyl (C=O) groups is 1. The zero-order valence-corrected chi connectivity index (χ0v) is 14.3. The number of halogens is 3. The van der Waals surface area contributed by atoms with Gasteiger partial charge >= 0.3 is 6.18 Å². The van der Waals surface area contributed by atoms with Gasteiger partial charge in [0.05, 0.1) is 11.3 Å². The number of hydrogen-bond acceptors (Lipinski definition) is 3. The first-order valence-electron chi connectivity index (χ1n) is 8.16. The summed E-state index contributed by atoms with van der Waals surface area (Å²) in [5.74, 6) is 0.151. The number of carbonyl (C=O) groups excluding carboxylic acids is 1. The van der Waals surface area contributed by atoms with Crippen LogP contribution >= 0.6 is 0 Å². The Kier molecular flexibility index (Phi) is 4.80. The molecule has 1 aliphatic heterocycles. The summed E-state index contributed by atoms with van der Waals surface area (Å²) in [5.41, 5.74) is 1.44. The van der Waals surface area contributed by atoms with Gasteiger partial charge in [0.15, 0.2) is 6.61 Å². The normalized spacial score (nSPS) is 18.8. The van der Waals surface area contributed by atoms with Gasteiger partial charge in [0.2, 0.25) is 0 Å². The van der Waals surface area contributed by atoms with Gasteiger partial charge < -0.3 is 14.8 Å². The molecule has 0 fully saturated rings. The van der Waals surface area contributed by atoms with Crippen LogP contribution in [0.25, 0.3) is 0 Å². The lowest BCUT2D eigenvalue weighted by atomic mass is 9.97. The first-order chi connectivity index (χ1) is 12.3. The number of hydrogen-bond donors (Lipinski definition) is 1. The first kappa shape index (κ1) is 18.1. The van der Waals surface area contributed by atoms with Crippen molar-refractivity contribution in [1.82, 2.24) is 0 Å². The largest absolute Gasteiger partial charge is 0.489 e. The summed E-state index contributed by atoms with van der Waals surface area (Å²) in [7, 11) is 0. The zero-order valence-electron chi connectivity index (χ0n) is 14.3. The minimum atomic E-state index is -4.46. The Hall–Kier alpha value is -2.70. The maximum atomic E-state index is 12.7. The Bertz CT molecular complexity index is 820. The lowest BCUT2D eigenvalue weighted by Crippen LogP contribution is -2.20. The van der Waals surface area contributed by atoms with Crippen LogP contribution in [0.1, 0.15) is 35.7 Å². The number of para-hydroxylation sites is 3. The molecule has 1 N–H and O–H groups in total. The molecule has 2 aromatic rings. The van der Waals surface area contributed by atoms with Crippen LogP contribution in [-0.2, 0) is 0 Å². The van der Waals surface area contributed by atoms with Gasteiger partial charge in [-0.25, -0.2) is 0 Å². The molecule has 0 spiro atoms. The van der Waals surface area contributed by atoms with Gasteiger partial charge in [-0.05, 0) is 25.1 Å². The Morgan fingerprint density at radius 3 is 2.62 bits per heavy atom. The first-order valence-corrected chi connectivity index (χ1v) is 8.16. The van der Waals surface area contributed by atoms with Crippen molar-refractivity contribution in [2.75, 3.05) is 11.9 Å². The van der Waals surface area contributed by atoms with Crippen LogP contribution in [0.3, 0.4) is 0 Å². The molecule has 1 amide bonds. The molecule has 2 atom stereocenters. The van der Waals surface area contributed by atoms with Crippen molar-refractivity contribution in [3.8, 4) is 11.5 Å². The predicted molar refractivity (Wildman–Crippen MR) is 90.9 cm³/mol. The minimum absolute atomic E-state index is 0.0478. The van der Waals surface area contributed by atoms with E-state index in [1.165, 1.54) is 18.2 Å². The van der Waals surface area contributed by atoms with Gasteiger partial charge in [-0.3, -0.25) is 4.79 Å². The van der Waals surface area contributed by atoms with E-state index in [4.69, 9.17) is 9.47 Å². The topological polar surface area (TPSA) is 47.6 Å². The van der Waals surface area contributed by atoms with Crippen LogP contribution in [0.5, 0.6) is 11.5 Å². The van der Waals surface area contributed by atoms with Crippen LogP contribution in [0.2, 0.25) is 0 Å². The highest BCUT2D eigenvalue weighted by Crippen LogP contribution is 2.40. The molecule has 7 heteroatoms. The van der Waals surface area contributed by atoms with Crippen molar-refractivity contribution in [2.24, 2.45) is 0 Å². The number of fused-ring (bicyclic) bond motifs is 1. The molecular weight excluding hydrogens is 347 g/mol. The lowest BCUT2D eigenvalue weighted by molar-refractivity contribution is -0.153. The highest BCUT2D eigenvalue weighted by Gasteiger charge is 2.31. The van der Waals surface area contributed by atoms with Gasteiger partial charge in [-0.15, -0.1) is 0 Å². The highest BCUT2D eigenvalue weighted by molar-refractivity contribution is 6.07. The minimum Gasteiger partial charge on any atom is -0.489 e. The molecule has 3 rings (SSSR count). The van der Waals surface area contributed by atoms with Crippen molar-refractivity contribution in [2.45, 2.75) is 32.0 Å². The summed E-state index contributed by atoms with van der Waals surface area (Å²) in [4.78, 5) is 12.7. The third kappa shape index (κ3) is 3.76. The monoisotopic (exact) mass is 365 g/mol. The van der Waals surface area contributed by atoms with Gasteiger partial charge in [0, 0.05) is 11.5 Å². The van der Waals surface area contributed by atoms with Crippen molar-refractivity contribution in [1.29, 1.82) is 0 Å². The van der Waals surface area contributed by atoms with E-state index >= 15 is 0 Å². The van der Waals surface area contributed by atoms with Gasteiger partial charge in [0.25, 0.3) is 5.91 Å². The van der Waals surface area contributed by atoms with Crippen molar-refractivity contribution < 1.29 is 27.4 Å². The molecule has 0 radical (unpaired) electrons. The second-order valence-electron chi connectivity index (χ2n) is 6.19. The summed E-state index contributed by atoms with van der Waals surface area (Å²) < 4.78 is 47.8. The molecular formula is C19H18F3NO3. The van der Waals surface area contributed by atoms with E-state index in [1.807, 2.05) is 19.9 Å². The Morgan fingerprint density at radius 2 is 1.88 bits per heavy atom. The fraction of sp³-hybridized carbons (Fsp3) is 0.316. The van der Waals surface area contributed by atoms with E-state index in [2.05, 4.69) is 5.32 Å². The van der Waals surface area contributed by atoms with Crippen LogP contribution in [0, 0.1) is 0 Å². The molecule has 2 aromatic carbocycles. The third-order valence-corrected chi connectivity index (χ3v) is 4.32. The number of alkyl halides is 3. The van der Waals surface area contributed by atoms with E-state index in [0.717, 1.165) is 5.56 Å². The molecule has 4 nitrogen and oxygen atoms in total. The molecule has 1 aliphatic rings. The van der Waals surface area contributed by atoms with Crippen LogP contribution < -0.4 is 14.8 Å². The number of amides is 1. The number of anilines is 1. The molecule has 0 unspecified atom stereocenters. The molecule has 0 saturated carbocycles. The average Bonchev–Trinajstić information content (AvgIpc) is 2.88. The highest BCUT2D eigenvalue weighted by atomic mass is 19.4. The van der Waals surface area contributed by atoms with Crippen LogP contribution in [0.15, 0.2) is 42.5 Å². The van der Waals surface area contributed by atoms with E-state index in [0.29, 0.717) is 11.3 Å². The maximum absolute atomic E-state index is 12.7. The maximum Gasteiger partial charge on any atom is 0.422 e. The number of ether oxygens (including phenoxy) is 2. The number of nitrogens with one attached hydrogen (secondary N) is 1. The van der Waals surface area contributed by atoms with Gasteiger partial charge in [-0.1, -0.05) is 31.2 Å². The lowest BCUT2D eigenvalue weighted by Gasteiger charge is -2.14. The van der Waals surface area contributed by atoms with Crippen molar-refractivity contribution in [3.63, 3.8) is 0 Å². The van der Waals surface area contributed by atoms with E-state index in [1.54, 1.807) is 18.2 Å². The van der Waals surface area contributed by atoms with Gasteiger partial charge in [-0.2, -0.15) is 13.2 Å². The summed E-state index contributed by atoms with van der Waals surface area (Å²) in [6.07, 6.45) is -4.52. The average molecular weight is 365 g/mol. The molecule has 138 valence electrons. The summed E-state index contributed by atoms with van der Waals surface area (Å²) in [6, 6.07) is 11.3. The van der Waals surface area contributed by atoms with E-state index in [-0.39, 0.29) is 23.5 Å². The van der Waals surface area contributed by atoms with Crippen LogP contribution in [0.4, 0.5) is 18.9 Å². The zero-order chi connectivity index (χ0) is 18.9. The second kappa shape index (κ2) is 6.90. The SMILES string of the molecule is C[C@@H]1c2cccc(C(=O)Nc3ccccc3OCC(F)(F)F)c2O[C@@H]1C. The fourth-order valence-corrected chi connectivity index (χ4v) is 2.81. The fourth-order valence-electron chi connectivity index (χ4n) is 2.81. The molecule has 1 heterocycles.